The number of hydrogen-bond donors (Lipinski definition) is 2. The number of hydrogen-bond acceptors (Lipinski definition) is 3. The van der Waals surface area contributed by atoms with Crippen LogP contribution in [0.1, 0.15) is 18.4 Å². The molecule has 2 N–H and O–H groups in total. The number of piperidine rings is 1. The van der Waals surface area contributed by atoms with Crippen LogP contribution in [0.15, 0.2) is 18.2 Å². The molecular weight excluding hydrogens is 212 g/mol. The van der Waals surface area contributed by atoms with Gasteiger partial charge in [-0.1, -0.05) is 0 Å². The van der Waals surface area contributed by atoms with Crippen molar-refractivity contribution in [3.63, 3.8) is 0 Å². The van der Waals surface area contributed by atoms with Gasteiger partial charge in [0.05, 0.1) is 7.11 Å². The fraction of sp³-hybridized carbons (Fsp3) is 0.571. The molecule has 3 nitrogen and oxygen atoms in total. The Morgan fingerprint density at radius 1 is 1.35 bits per heavy atom. The number of methoxy groups -OCH3 is 1. The molecule has 1 saturated heterocycles. The van der Waals surface area contributed by atoms with E-state index in [1.54, 1.807) is 7.11 Å². The van der Waals surface area contributed by atoms with Gasteiger partial charge in [-0.3, -0.25) is 0 Å². The molecule has 1 aromatic carbocycles. The highest BCUT2D eigenvalue weighted by molar-refractivity contribution is 5.50. The summed E-state index contributed by atoms with van der Waals surface area (Å²) in [6, 6.07) is 6.27. The van der Waals surface area contributed by atoms with Crippen LogP contribution in [0.2, 0.25) is 0 Å². The minimum atomic E-state index is 0.804. The van der Waals surface area contributed by atoms with Crippen LogP contribution in [0, 0.1) is 12.8 Å². The lowest BCUT2D eigenvalue weighted by Gasteiger charge is -2.23. The Labute approximate surface area is 104 Å². The molecule has 0 aromatic heterocycles. The first kappa shape index (κ1) is 12.2. The number of nitrogens with one attached hydrogen (secondary N) is 2. The lowest BCUT2D eigenvalue weighted by molar-refractivity contribution is 0.390. The van der Waals surface area contributed by atoms with Gasteiger partial charge in [0.1, 0.15) is 5.75 Å². The van der Waals surface area contributed by atoms with Crippen LogP contribution in [0.4, 0.5) is 5.69 Å². The van der Waals surface area contributed by atoms with Gasteiger partial charge in [-0.05, 0) is 62.5 Å². The fourth-order valence-corrected chi connectivity index (χ4v) is 2.34. The van der Waals surface area contributed by atoms with Crippen molar-refractivity contribution in [2.24, 2.45) is 5.92 Å². The van der Waals surface area contributed by atoms with Crippen molar-refractivity contribution in [2.75, 3.05) is 32.1 Å². The van der Waals surface area contributed by atoms with Gasteiger partial charge in [0.15, 0.2) is 0 Å². The van der Waals surface area contributed by atoms with E-state index in [4.69, 9.17) is 4.74 Å². The van der Waals surface area contributed by atoms with Crippen LogP contribution < -0.4 is 15.4 Å². The summed E-state index contributed by atoms with van der Waals surface area (Å²) >= 11 is 0. The van der Waals surface area contributed by atoms with E-state index in [9.17, 15) is 0 Å². The highest BCUT2D eigenvalue weighted by Crippen LogP contribution is 2.22. The first-order valence-electron chi connectivity index (χ1n) is 6.39. The van der Waals surface area contributed by atoms with Crippen molar-refractivity contribution in [3.8, 4) is 5.75 Å². The van der Waals surface area contributed by atoms with Crippen LogP contribution >= 0.6 is 0 Å². The molecular formula is C14H22N2O. The van der Waals surface area contributed by atoms with Gasteiger partial charge < -0.3 is 15.4 Å². The third-order valence-corrected chi connectivity index (χ3v) is 3.45. The second kappa shape index (κ2) is 5.92. The lowest BCUT2D eigenvalue weighted by Crippen LogP contribution is -2.31. The molecule has 1 fully saturated rings. The SMILES string of the molecule is COc1ccc(NCC2CCNCC2)cc1C. The molecule has 1 heterocycles. The maximum absolute atomic E-state index is 5.26. The van der Waals surface area contributed by atoms with Gasteiger partial charge in [-0.15, -0.1) is 0 Å². The molecule has 1 aliphatic rings. The zero-order chi connectivity index (χ0) is 12.1. The summed E-state index contributed by atoms with van der Waals surface area (Å²) in [5, 5.41) is 6.92. The van der Waals surface area contributed by atoms with Crippen molar-refractivity contribution in [1.29, 1.82) is 0 Å². The van der Waals surface area contributed by atoms with Gasteiger partial charge in [-0.25, -0.2) is 0 Å². The molecule has 17 heavy (non-hydrogen) atoms. The largest absolute Gasteiger partial charge is 0.496 e. The Balaban J connectivity index is 1.87. The van der Waals surface area contributed by atoms with Gasteiger partial charge in [0.2, 0.25) is 0 Å². The van der Waals surface area contributed by atoms with E-state index in [0.29, 0.717) is 0 Å². The highest BCUT2D eigenvalue weighted by atomic mass is 16.5. The number of benzene rings is 1. The van der Waals surface area contributed by atoms with Crippen molar-refractivity contribution < 1.29 is 4.74 Å². The summed E-state index contributed by atoms with van der Waals surface area (Å²) in [4.78, 5) is 0. The Kier molecular flexibility index (Phi) is 4.26. The van der Waals surface area contributed by atoms with E-state index in [-0.39, 0.29) is 0 Å². The van der Waals surface area contributed by atoms with Crippen LogP contribution in [0.5, 0.6) is 5.75 Å². The van der Waals surface area contributed by atoms with Crippen molar-refractivity contribution in [2.45, 2.75) is 19.8 Å². The normalized spacial score (nSPS) is 16.8. The molecule has 0 aliphatic carbocycles. The predicted molar refractivity (Wildman–Crippen MR) is 71.8 cm³/mol. The summed E-state index contributed by atoms with van der Waals surface area (Å²) in [7, 11) is 1.71. The summed E-state index contributed by atoms with van der Waals surface area (Å²) < 4.78 is 5.26. The Bertz CT molecular complexity index is 359. The van der Waals surface area contributed by atoms with Crippen LogP contribution in [-0.2, 0) is 0 Å². The molecule has 0 unspecified atom stereocenters. The van der Waals surface area contributed by atoms with E-state index < -0.39 is 0 Å². The number of ether oxygens (including phenoxy) is 1. The third-order valence-electron chi connectivity index (χ3n) is 3.45. The molecule has 94 valence electrons. The van der Waals surface area contributed by atoms with Crippen LogP contribution in [-0.4, -0.2) is 26.7 Å². The average Bonchev–Trinajstić information content (AvgIpc) is 2.38. The van der Waals surface area contributed by atoms with Gasteiger partial charge in [-0.2, -0.15) is 0 Å². The molecule has 0 radical (unpaired) electrons. The van der Waals surface area contributed by atoms with E-state index in [1.165, 1.54) is 24.1 Å². The van der Waals surface area contributed by atoms with Crippen molar-refractivity contribution in [1.82, 2.24) is 5.32 Å². The second-order valence-corrected chi connectivity index (χ2v) is 4.76. The molecule has 0 amide bonds. The highest BCUT2D eigenvalue weighted by Gasteiger charge is 2.12. The lowest BCUT2D eigenvalue weighted by atomic mass is 9.98. The van der Waals surface area contributed by atoms with Gasteiger partial charge in [0, 0.05) is 12.2 Å². The van der Waals surface area contributed by atoms with E-state index in [1.807, 2.05) is 6.07 Å². The smallest absolute Gasteiger partial charge is 0.121 e. The van der Waals surface area contributed by atoms with Crippen molar-refractivity contribution in [3.05, 3.63) is 23.8 Å². The van der Waals surface area contributed by atoms with Crippen LogP contribution in [0.3, 0.4) is 0 Å². The quantitative estimate of drug-likeness (QED) is 0.839. The van der Waals surface area contributed by atoms with Crippen molar-refractivity contribution >= 4 is 5.69 Å². The molecule has 0 saturated carbocycles. The van der Waals surface area contributed by atoms with E-state index >= 15 is 0 Å². The molecule has 0 spiro atoms. The van der Waals surface area contributed by atoms with E-state index in [2.05, 4.69) is 29.7 Å². The minimum absolute atomic E-state index is 0.804. The molecule has 1 aliphatic heterocycles. The zero-order valence-corrected chi connectivity index (χ0v) is 10.8. The summed E-state index contributed by atoms with van der Waals surface area (Å²) in [5.74, 6) is 1.76. The standard InChI is InChI=1S/C14H22N2O/c1-11-9-13(3-4-14(11)17-2)16-10-12-5-7-15-8-6-12/h3-4,9,12,15-16H,5-8,10H2,1-2H3. The minimum Gasteiger partial charge on any atom is -0.496 e. The predicted octanol–water partition coefficient (Wildman–Crippen LogP) is 2.42. The number of anilines is 1. The topological polar surface area (TPSA) is 33.3 Å². The summed E-state index contributed by atoms with van der Waals surface area (Å²) in [6.45, 7) is 5.48. The average molecular weight is 234 g/mol. The molecule has 3 heteroatoms. The number of aryl methyl sites for hydroxylation is 1. The Hall–Kier alpha value is -1.22. The van der Waals surface area contributed by atoms with Crippen LogP contribution in [0.25, 0.3) is 0 Å². The molecule has 0 bridgehead atoms. The van der Waals surface area contributed by atoms with Gasteiger partial charge in [0.25, 0.3) is 0 Å². The zero-order valence-electron chi connectivity index (χ0n) is 10.8. The second-order valence-electron chi connectivity index (χ2n) is 4.76. The summed E-state index contributed by atoms with van der Waals surface area (Å²) in [6.07, 6.45) is 2.56. The fourth-order valence-electron chi connectivity index (χ4n) is 2.34. The maximum atomic E-state index is 5.26. The van der Waals surface area contributed by atoms with Gasteiger partial charge >= 0.3 is 0 Å². The summed E-state index contributed by atoms with van der Waals surface area (Å²) in [5.41, 5.74) is 2.38. The first-order chi connectivity index (χ1) is 8.29. The monoisotopic (exact) mass is 234 g/mol. The first-order valence-corrected chi connectivity index (χ1v) is 6.39. The Morgan fingerprint density at radius 3 is 2.76 bits per heavy atom. The molecule has 1 aromatic rings. The Morgan fingerprint density at radius 2 is 2.12 bits per heavy atom. The maximum Gasteiger partial charge on any atom is 0.121 e. The molecule has 0 atom stereocenters. The number of rotatable bonds is 4. The molecule has 2 rings (SSSR count). The van der Waals surface area contributed by atoms with E-state index in [0.717, 1.165) is 31.3 Å². The third kappa shape index (κ3) is 3.37.